The number of rotatable bonds is 6. The third-order valence-corrected chi connectivity index (χ3v) is 5.15. The van der Waals surface area contributed by atoms with Gasteiger partial charge in [0.25, 0.3) is 10.0 Å². The van der Waals surface area contributed by atoms with Gasteiger partial charge in [0.2, 0.25) is 5.91 Å². The molecule has 0 heterocycles. The number of hydrogen-bond acceptors (Lipinski definition) is 3. The fraction of sp³-hybridized carbons (Fsp3) is 0.278. The molecule has 0 aliphatic carbocycles. The van der Waals surface area contributed by atoms with Crippen LogP contribution in [0.15, 0.2) is 53.4 Å². The summed E-state index contributed by atoms with van der Waals surface area (Å²) >= 11 is 0. The van der Waals surface area contributed by atoms with Crippen molar-refractivity contribution in [1.29, 1.82) is 0 Å². The van der Waals surface area contributed by atoms with Gasteiger partial charge >= 0.3 is 0 Å². The van der Waals surface area contributed by atoms with Gasteiger partial charge in [-0.2, -0.15) is 0 Å². The van der Waals surface area contributed by atoms with Crippen molar-refractivity contribution in [2.75, 3.05) is 0 Å². The van der Waals surface area contributed by atoms with Gasteiger partial charge in [0.15, 0.2) is 0 Å². The molecule has 23 heavy (non-hydrogen) atoms. The molecule has 2 aromatic rings. The van der Waals surface area contributed by atoms with Crippen LogP contribution in [0.2, 0.25) is 0 Å². The molecule has 0 saturated carbocycles. The van der Waals surface area contributed by atoms with E-state index < -0.39 is 15.9 Å². The zero-order valence-corrected chi connectivity index (χ0v) is 14.2. The first kappa shape index (κ1) is 17.2. The van der Waals surface area contributed by atoms with E-state index in [9.17, 15) is 13.2 Å². The Morgan fingerprint density at radius 1 is 1.00 bits per heavy atom. The highest BCUT2D eigenvalue weighted by atomic mass is 32.2. The van der Waals surface area contributed by atoms with Crippen molar-refractivity contribution in [3.8, 4) is 0 Å². The molecule has 0 unspecified atom stereocenters. The highest BCUT2D eigenvalue weighted by Gasteiger charge is 2.18. The molecule has 1 amide bonds. The molecule has 0 bridgehead atoms. The SMILES string of the molecule is Cc1ccc(CCCC(=O)NS(=O)(=O)c2ccccc2C)cc1. The highest BCUT2D eigenvalue weighted by Crippen LogP contribution is 2.14. The van der Waals surface area contributed by atoms with Crippen molar-refractivity contribution in [1.82, 2.24) is 4.72 Å². The van der Waals surface area contributed by atoms with E-state index in [2.05, 4.69) is 4.72 Å². The molecule has 1 N–H and O–H groups in total. The first-order chi connectivity index (χ1) is 10.9. The van der Waals surface area contributed by atoms with Crippen molar-refractivity contribution in [3.63, 3.8) is 0 Å². The van der Waals surface area contributed by atoms with Crippen LogP contribution in [0, 0.1) is 13.8 Å². The Labute approximate surface area is 137 Å². The number of benzene rings is 2. The molecule has 0 aromatic heterocycles. The predicted molar refractivity (Wildman–Crippen MR) is 90.6 cm³/mol. The molecule has 0 atom stereocenters. The minimum absolute atomic E-state index is 0.145. The molecular formula is C18H21NO3S. The topological polar surface area (TPSA) is 63.2 Å². The summed E-state index contributed by atoms with van der Waals surface area (Å²) in [6, 6.07) is 14.7. The molecule has 5 heteroatoms. The van der Waals surface area contributed by atoms with Gasteiger partial charge in [-0.05, 0) is 43.9 Å². The lowest BCUT2D eigenvalue weighted by Gasteiger charge is -2.09. The fourth-order valence-electron chi connectivity index (χ4n) is 2.32. The first-order valence-corrected chi connectivity index (χ1v) is 9.03. The van der Waals surface area contributed by atoms with Crippen molar-refractivity contribution in [3.05, 3.63) is 65.2 Å². The van der Waals surface area contributed by atoms with Crippen molar-refractivity contribution in [2.45, 2.75) is 38.0 Å². The average Bonchev–Trinajstić information content (AvgIpc) is 2.49. The number of amides is 1. The third kappa shape index (κ3) is 4.93. The molecule has 2 aromatic carbocycles. The standard InChI is InChI=1S/C18H21NO3S/c1-14-10-12-16(13-11-14)7-5-9-18(20)19-23(21,22)17-8-4-3-6-15(17)2/h3-4,6,8,10-13H,5,7,9H2,1-2H3,(H,19,20). The van der Waals surface area contributed by atoms with Gasteiger partial charge in [0.05, 0.1) is 4.90 Å². The van der Waals surface area contributed by atoms with Crippen LogP contribution in [-0.4, -0.2) is 14.3 Å². The number of sulfonamides is 1. The number of hydrogen-bond donors (Lipinski definition) is 1. The molecule has 0 fully saturated rings. The average molecular weight is 331 g/mol. The van der Waals surface area contributed by atoms with Crippen LogP contribution in [-0.2, 0) is 21.2 Å². The van der Waals surface area contributed by atoms with Crippen molar-refractivity contribution in [2.24, 2.45) is 0 Å². The number of nitrogens with one attached hydrogen (secondary N) is 1. The number of carbonyl (C=O) groups excluding carboxylic acids is 1. The summed E-state index contributed by atoms with van der Waals surface area (Å²) < 4.78 is 26.5. The van der Waals surface area contributed by atoms with E-state index in [0.717, 1.165) is 12.0 Å². The summed E-state index contributed by atoms with van der Waals surface area (Å²) in [5, 5.41) is 0. The minimum Gasteiger partial charge on any atom is -0.274 e. The molecule has 0 aliphatic heterocycles. The smallest absolute Gasteiger partial charge is 0.264 e. The van der Waals surface area contributed by atoms with Crippen molar-refractivity contribution >= 4 is 15.9 Å². The molecule has 4 nitrogen and oxygen atoms in total. The van der Waals surface area contributed by atoms with E-state index in [1.54, 1.807) is 25.1 Å². The summed E-state index contributed by atoms with van der Waals surface area (Å²) in [6.07, 6.45) is 1.54. The third-order valence-electron chi connectivity index (χ3n) is 3.62. The molecular weight excluding hydrogens is 310 g/mol. The monoisotopic (exact) mass is 331 g/mol. The maximum absolute atomic E-state index is 12.2. The van der Waals surface area contributed by atoms with Gasteiger partial charge in [0, 0.05) is 6.42 Å². The Bertz CT molecular complexity index is 780. The molecule has 2 rings (SSSR count). The Morgan fingerprint density at radius 2 is 1.65 bits per heavy atom. The van der Waals surface area contributed by atoms with Gasteiger partial charge in [-0.1, -0.05) is 48.0 Å². The van der Waals surface area contributed by atoms with E-state index in [1.165, 1.54) is 11.6 Å². The van der Waals surface area contributed by atoms with Crippen LogP contribution in [0.25, 0.3) is 0 Å². The quantitative estimate of drug-likeness (QED) is 0.884. The van der Waals surface area contributed by atoms with Crippen LogP contribution < -0.4 is 4.72 Å². The Balaban J connectivity index is 1.89. The van der Waals surface area contributed by atoms with Crippen LogP contribution in [0.3, 0.4) is 0 Å². The summed E-state index contributed by atoms with van der Waals surface area (Å²) in [5.41, 5.74) is 2.95. The molecule has 0 radical (unpaired) electrons. The summed E-state index contributed by atoms with van der Waals surface area (Å²) in [6.45, 7) is 3.73. The number of aryl methyl sites for hydroxylation is 3. The first-order valence-electron chi connectivity index (χ1n) is 7.55. The lowest BCUT2D eigenvalue weighted by Crippen LogP contribution is -2.30. The zero-order valence-electron chi connectivity index (χ0n) is 13.4. The minimum atomic E-state index is -3.79. The van der Waals surface area contributed by atoms with E-state index in [1.807, 2.05) is 31.2 Å². The summed E-state index contributed by atoms with van der Waals surface area (Å²) in [4.78, 5) is 12.0. The largest absolute Gasteiger partial charge is 0.274 e. The van der Waals surface area contributed by atoms with Gasteiger partial charge in [-0.3, -0.25) is 4.79 Å². The van der Waals surface area contributed by atoms with Gasteiger partial charge in [-0.15, -0.1) is 0 Å². The normalized spacial score (nSPS) is 11.2. The second-order valence-electron chi connectivity index (χ2n) is 5.63. The molecule has 0 aliphatic rings. The maximum atomic E-state index is 12.2. The van der Waals surface area contributed by atoms with E-state index in [4.69, 9.17) is 0 Å². The lowest BCUT2D eigenvalue weighted by atomic mass is 10.1. The number of carbonyl (C=O) groups is 1. The zero-order chi connectivity index (χ0) is 16.9. The van der Waals surface area contributed by atoms with Crippen LogP contribution in [0.4, 0.5) is 0 Å². The fourth-order valence-corrected chi connectivity index (χ4v) is 3.58. The Hall–Kier alpha value is -2.14. The van der Waals surface area contributed by atoms with E-state index in [-0.39, 0.29) is 11.3 Å². The van der Waals surface area contributed by atoms with E-state index in [0.29, 0.717) is 12.0 Å². The van der Waals surface area contributed by atoms with Gasteiger partial charge in [0.1, 0.15) is 0 Å². The predicted octanol–water partition coefficient (Wildman–Crippen LogP) is 3.13. The second-order valence-corrected chi connectivity index (χ2v) is 7.28. The van der Waals surface area contributed by atoms with Crippen molar-refractivity contribution < 1.29 is 13.2 Å². The van der Waals surface area contributed by atoms with Gasteiger partial charge in [-0.25, -0.2) is 13.1 Å². The van der Waals surface area contributed by atoms with E-state index >= 15 is 0 Å². The van der Waals surface area contributed by atoms with Crippen LogP contribution in [0.5, 0.6) is 0 Å². The maximum Gasteiger partial charge on any atom is 0.264 e. The van der Waals surface area contributed by atoms with Crippen LogP contribution >= 0.6 is 0 Å². The Morgan fingerprint density at radius 3 is 2.30 bits per heavy atom. The highest BCUT2D eigenvalue weighted by molar-refractivity contribution is 7.90. The Kier molecular flexibility index (Phi) is 5.55. The van der Waals surface area contributed by atoms with Crippen LogP contribution in [0.1, 0.15) is 29.5 Å². The molecule has 122 valence electrons. The second kappa shape index (κ2) is 7.42. The molecule has 0 spiro atoms. The lowest BCUT2D eigenvalue weighted by molar-refractivity contribution is -0.119. The summed E-state index contributed by atoms with van der Waals surface area (Å²) in [5.74, 6) is -0.472. The summed E-state index contributed by atoms with van der Waals surface area (Å²) in [7, 11) is -3.79. The molecule has 0 saturated heterocycles. The van der Waals surface area contributed by atoms with Gasteiger partial charge < -0.3 is 0 Å².